The van der Waals surface area contributed by atoms with Gasteiger partial charge in [0.1, 0.15) is 0 Å². The van der Waals surface area contributed by atoms with E-state index in [0.717, 1.165) is 25.7 Å². The number of rotatable bonds is 5. The molecule has 0 aromatic heterocycles. The number of nitrogens with two attached hydrogens (primary N) is 1. The van der Waals surface area contributed by atoms with Crippen LogP contribution in [0, 0.1) is 10.8 Å². The van der Waals surface area contributed by atoms with E-state index in [2.05, 4.69) is 5.32 Å². The summed E-state index contributed by atoms with van der Waals surface area (Å²) >= 11 is 0. The molecule has 1 rings (SSSR count). The van der Waals surface area contributed by atoms with Crippen molar-refractivity contribution in [1.82, 2.24) is 5.32 Å². The van der Waals surface area contributed by atoms with Crippen molar-refractivity contribution < 1.29 is 9.90 Å². The summed E-state index contributed by atoms with van der Waals surface area (Å²) in [6.07, 6.45) is 4.31. The maximum atomic E-state index is 11.8. The summed E-state index contributed by atoms with van der Waals surface area (Å²) in [6.45, 7) is 4.75. The van der Waals surface area contributed by atoms with E-state index in [1.807, 2.05) is 13.8 Å². The Balaban J connectivity index is 2.47. The van der Waals surface area contributed by atoms with Gasteiger partial charge < -0.3 is 16.2 Å². The predicted octanol–water partition coefficient (Wildman–Crippen LogP) is 0.640. The zero-order valence-corrected chi connectivity index (χ0v) is 10.4. The van der Waals surface area contributed by atoms with Gasteiger partial charge in [-0.15, -0.1) is 0 Å². The van der Waals surface area contributed by atoms with Gasteiger partial charge in [0.25, 0.3) is 0 Å². The Bertz CT molecular complexity index is 245. The minimum atomic E-state index is -0.519. The Morgan fingerprint density at radius 1 is 1.44 bits per heavy atom. The molecule has 0 aromatic rings. The zero-order chi connectivity index (χ0) is 12.2. The van der Waals surface area contributed by atoms with Crippen LogP contribution in [0.5, 0.6) is 0 Å². The van der Waals surface area contributed by atoms with Crippen molar-refractivity contribution in [2.45, 2.75) is 39.5 Å². The fourth-order valence-corrected chi connectivity index (χ4v) is 2.12. The second-order valence-electron chi connectivity index (χ2n) is 5.64. The first-order chi connectivity index (χ1) is 7.46. The molecule has 94 valence electrons. The molecule has 0 aliphatic heterocycles. The second kappa shape index (κ2) is 5.15. The summed E-state index contributed by atoms with van der Waals surface area (Å²) in [5.41, 5.74) is 4.94. The minimum Gasteiger partial charge on any atom is -0.396 e. The number of hydrogen-bond acceptors (Lipinski definition) is 3. The van der Waals surface area contributed by atoms with Gasteiger partial charge in [-0.05, 0) is 26.7 Å². The van der Waals surface area contributed by atoms with E-state index >= 15 is 0 Å². The largest absolute Gasteiger partial charge is 0.396 e. The first-order valence-electron chi connectivity index (χ1n) is 6.05. The van der Waals surface area contributed by atoms with E-state index < -0.39 is 5.41 Å². The van der Waals surface area contributed by atoms with Crippen molar-refractivity contribution in [1.29, 1.82) is 0 Å². The third kappa shape index (κ3) is 2.95. The third-order valence-electron chi connectivity index (χ3n) is 3.75. The van der Waals surface area contributed by atoms with Crippen LogP contribution >= 0.6 is 0 Å². The topological polar surface area (TPSA) is 75.4 Å². The maximum absolute atomic E-state index is 11.8. The van der Waals surface area contributed by atoms with Crippen molar-refractivity contribution in [2.75, 3.05) is 19.7 Å². The summed E-state index contributed by atoms with van der Waals surface area (Å²) in [5.74, 6) is -0.0188. The van der Waals surface area contributed by atoms with Crippen LogP contribution in [0.3, 0.4) is 0 Å². The molecule has 4 nitrogen and oxygen atoms in total. The molecule has 16 heavy (non-hydrogen) atoms. The van der Waals surface area contributed by atoms with E-state index in [9.17, 15) is 9.90 Å². The summed E-state index contributed by atoms with van der Waals surface area (Å²) in [6, 6.07) is 0. The lowest BCUT2D eigenvalue weighted by molar-refractivity contribution is -0.129. The van der Waals surface area contributed by atoms with E-state index in [1.54, 1.807) is 0 Å². The van der Waals surface area contributed by atoms with Gasteiger partial charge in [0, 0.05) is 18.5 Å². The van der Waals surface area contributed by atoms with Crippen molar-refractivity contribution in [3.63, 3.8) is 0 Å². The number of amides is 1. The molecule has 0 saturated heterocycles. The number of nitrogens with one attached hydrogen (secondary N) is 1. The molecule has 0 aromatic carbocycles. The van der Waals surface area contributed by atoms with Crippen LogP contribution in [0.25, 0.3) is 0 Å². The SMILES string of the molecule is CC(C)(CN)C(=O)NCC1(CO)CCCC1. The summed E-state index contributed by atoms with van der Waals surface area (Å²) in [4.78, 5) is 11.8. The molecule has 1 amide bonds. The second-order valence-corrected chi connectivity index (χ2v) is 5.64. The van der Waals surface area contributed by atoms with E-state index in [0.29, 0.717) is 13.1 Å². The molecule has 1 fully saturated rings. The van der Waals surface area contributed by atoms with Crippen molar-refractivity contribution >= 4 is 5.91 Å². The summed E-state index contributed by atoms with van der Waals surface area (Å²) in [5, 5.41) is 12.3. The van der Waals surface area contributed by atoms with Gasteiger partial charge in [-0.3, -0.25) is 4.79 Å². The molecule has 0 heterocycles. The van der Waals surface area contributed by atoms with E-state index in [-0.39, 0.29) is 17.9 Å². The molecule has 0 radical (unpaired) electrons. The Morgan fingerprint density at radius 2 is 2.00 bits per heavy atom. The molecule has 0 spiro atoms. The number of carbonyl (C=O) groups is 1. The van der Waals surface area contributed by atoms with Gasteiger partial charge in [0.15, 0.2) is 0 Å². The van der Waals surface area contributed by atoms with Crippen LogP contribution in [0.2, 0.25) is 0 Å². The van der Waals surface area contributed by atoms with Crippen molar-refractivity contribution in [3.8, 4) is 0 Å². The van der Waals surface area contributed by atoms with E-state index in [4.69, 9.17) is 5.73 Å². The molecule has 4 N–H and O–H groups in total. The fourth-order valence-electron chi connectivity index (χ4n) is 2.12. The average Bonchev–Trinajstić information content (AvgIpc) is 2.75. The molecule has 1 aliphatic rings. The quantitative estimate of drug-likeness (QED) is 0.646. The smallest absolute Gasteiger partial charge is 0.226 e. The third-order valence-corrected chi connectivity index (χ3v) is 3.75. The number of aliphatic hydroxyl groups excluding tert-OH is 1. The Kier molecular flexibility index (Phi) is 4.33. The molecule has 0 atom stereocenters. The lowest BCUT2D eigenvalue weighted by Crippen LogP contribution is -2.46. The maximum Gasteiger partial charge on any atom is 0.226 e. The standard InChI is InChI=1S/C12H24N2O2/c1-11(2,7-13)10(16)14-8-12(9-15)5-3-4-6-12/h15H,3-9,13H2,1-2H3,(H,14,16). The highest BCUT2D eigenvalue weighted by Gasteiger charge is 2.35. The molecule has 0 unspecified atom stereocenters. The molecule has 0 bridgehead atoms. The lowest BCUT2D eigenvalue weighted by Gasteiger charge is -2.29. The fraction of sp³-hybridized carbons (Fsp3) is 0.917. The predicted molar refractivity (Wildman–Crippen MR) is 63.8 cm³/mol. The first-order valence-corrected chi connectivity index (χ1v) is 6.05. The van der Waals surface area contributed by atoms with Gasteiger partial charge in [0.05, 0.1) is 12.0 Å². The molecule has 1 saturated carbocycles. The first kappa shape index (κ1) is 13.5. The molecular formula is C12H24N2O2. The highest BCUT2D eigenvalue weighted by atomic mass is 16.3. The molecular weight excluding hydrogens is 204 g/mol. The monoisotopic (exact) mass is 228 g/mol. The van der Waals surface area contributed by atoms with Crippen LogP contribution < -0.4 is 11.1 Å². The molecule has 1 aliphatic carbocycles. The van der Waals surface area contributed by atoms with Gasteiger partial charge in [-0.25, -0.2) is 0 Å². The van der Waals surface area contributed by atoms with Crippen LogP contribution in [0.4, 0.5) is 0 Å². The van der Waals surface area contributed by atoms with Gasteiger partial charge in [-0.1, -0.05) is 12.8 Å². The highest BCUT2D eigenvalue weighted by molar-refractivity contribution is 5.82. The Morgan fingerprint density at radius 3 is 2.44 bits per heavy atom. The van der Waals surface area contributed by atoms with Crippen molar-refractivity contribution in [2.24, 2.45) is 16.6 Å². The lowest BCUT2D eigenvalue weighted by atomic mass is 9.86. The van der Waals surface area contributed by atoms with E-state index in [1.165, 1.54) is 0 Å². The van der Waals surface area contributed by atoms with Gasteiger partial charge >= 0.3 is 0 Å². The normalized spacial score (nSPS) is 19.8. The van der Waals surface area contributed by atoms with Crippen LogP contribution in [0.15, 0.2) is 0 Å². The van der Waals surface area contributed by atoms with Gasteiger partial charge in [-0.2, -0.15) is 0 Å². The number of aliphatic hydroxyl groups is 1. The minimum absolute atomic E-state index is 0.0188. The van der Waals surface area contributed by atoms with Crippen LogP contribution in [-0.2, 0) is 4.79 Å². The average molecular weight is 228 g/mol. The molecule has 4 heteroatoms. The highest BCUT2D eigenvalue weighted by Crippen LogP contribution is 2.37. The summed E-state index contributed by atoms with van der Waals surface area (Å²) in [7, 11) is 0. The van der Waals surface area contributed by atoms with Crippen LogP contribution in [-0.4, -0.2) is 30.7 Å². The van der Waals surface area contributed by atoms with Gasteiger partial charge in [0.2, 0.25) is 5.91 Å². The number of carbonyl (C=O) groups excluding carboxylic acids is 1. The number of hydrogen-bond donors (Lipinski definition) is 3. The van der Waals surface area contributed by atoms with Crippen molar-refractivity contribution in [3.05, 3.63) is 0 Å². The Labute approximate surface area is 97.6 Å². The zero-order valence-electron chi connectivity index (χ0n) is 10.4. The van der Waals surface area contributed by atoms with Crippen LogP contribution in [0.1, 0.15) is 39.5 Å². The Hall–Kier alpha value is -0.610. The summed E-state index contributed by atoms with van der Waals surface area (Å²) < 4.78 is 0.